The molecule has 0 aliphatic carbocycles. The van der Waals surface area contributed by atoms with Crippen LogP contribution in [0, 0.1) is 0 Å². The molecule has 0 unspecified atom stereocenters. The number of benzene rings is 2. The van der Waals surface area contributed by atoms with E-state index in [9.17, 15) is 13.2 Å². The van der Waals surface area contributed by atoms with Crippen LogP contribution in [-0.2, 0) is 14.8 Å². The van der Waals surface area contributed by atoms with E-state index in [1.54, 1.807) is 24.3 Å². The quantitative estimate of drug-likeness (QED) is 0.743. The molecular weight excluding hydrogens is 387 g/mol. The van der Waals surface area contributed by atoms with Gasteiger partial charge >= 0.3 is 0 Å². The lowest BCUT2D eigenvalue weighted by molar-refractivity contribution is -0.115. The van der Waals surface area contributed by atoms with Crippen molar-refractivity contribution < 1.29 is 17.9 Å². The second-order valence-electron chi connectivity index (χ2n) is 4.88. The third-order valence-corrected chi connectivity index (χ3v) is 5.18. The van der Waals surface area contributed by atoms with Crippen LogP contribution in [0.3, 0.4) is 0 Å². The van der Waals surface area contributed by atoms with Gasteiger partial charge in [0, 0.05) is 5.02 Å². The topological polar surface area (TPSA) is 84.5 Å². The summed E-state index contributed by atoms with van der Waals surface area (Å²) in [5.41, 5.74) is 0.453. The van der Waals surface area contributed by atoms with Gasteiger partial charge in [0.25, 0.3) is 0 Å². The van der Waals surface area contributed by atoms with Gasteiger partial charge in [0.1, 0.15) is 10.6 Å². The van der Waals surface area contributed by atoms with Crippen molar-refractivity contribution in [2.45, 2.75) is 11.8 Å². The molecule has 0 fully saturated rings. The van der Waals surface area contributed by atoms with Gasteiger partial charge in [-0.25, -0.2) is 13.1 Å². The summed E-state index contributed by atoms with van der Waals surface area (Å²) in [6, 6.07) is 10.9. The number of ether oxygens (including phenoxy) is 1. The average Bonchev–Trinajstić information content (AvgIpc) is 2.57. The van der Waals surface area contributed by atoms with E-state index in [-0.39, 0.29) is 14.9 Å². The SMILES string of the molecule is CCOc1ccccc1NC(=O)CNS(=O)(=O)c1cc(Cl)ccc1Cl. The van der Waals surface area contributed by atoms with Crippen molar-refractivity contribution in [3.8, 4) is 5.75 Å². The van der Waals surface area contributed by atoms with Crippen LogP contribution in [0.15, 0.2) is 47.4 Å². The lowest BCUT2D eigenvalue weighted by Gasteiger charge is -2.12. The van der Waals surface area contributed by atoms with Gasteiger partial charge < -0.3 is 10.1 Å². The van der Waals surface area contributed by atoms with E-state index in [1.165, 1.54) is 18.2 Å². The zero-order valence-electron chi connectivity index (χ0n) is 13.3. The molecule has 0 aliphatic heterocycles. The minimum Gasteiger partial charge on any atom is -0.492 e. The highest BCUT2D eigenvalue weighted by Crippen LogP contribution is 2.25. The number of halogens is 2. The standard InChI is InChI=1S/C16H16Cl2N2O4S/c1-2-24-14-6-4-3-5-13(14)20-16(21)10-19-25(22,23)15-9-11(17)7-8-12(15)18/h3-9,19H,2,10H2,1H3,(H,20,21). The van der Waals surface area contributed by atoms with Gasteiger partial charge in [-0.05, 0) is 37.3 Å². The Kier molecular flexibility index (Phi) is 6.66. The van der Waals surface area contributed by atoms with Gasteiger partial charge in [0.15, 0.2) is 0 Å². The maximum absolute atomic E-state index is 12.3. The third kappa shape index (κ3) is 5.34. The predicted octanol–water partition coefficient (Wildman–Crippen LogP) is 3.31. The molecule has 0 bridgehead atoms. The number of rotatable bonds is 7. The zero-order chi connectivity index (χ0) is 18.4. The van der Waals surface area contributed by atoms with Crippen LogP contribution in [0.25, 0.3) is 0 Å². The smallest absolute Gasteiger partial charge is 0.242 e. The Labute approximate surface area is 156 Å². The van der Waals surface area contributed by atoms with Crippen LogP contribution in [0.5, 0.6) is 5.75 Å². The summed E-state index contributed by atoms with van der Waals surface area (Å²) < 4.78 is 32.1. The summed E-state index contributed by atoms with van der Waals surface area (Å²) in [6.45, 7) is 1.79. The van der Waals surface area contributed by atoms with E-state index < -0.39 is 22.5 Å². The molecule has 0 aliphatic rings. The molecule has 25 heavy (non-hydrogen) atoms. The van der Waals surface area contributed by atoms with E-state index in [2.05, 4.69) is 10.0 Å². The highest BCUT2D eigenvalue weighted by atomic mass is 35.5. The fraction of sp³-hybridized carbons (Fsp3) is 0.188. The zero-order valence-corrected chi connectivity index (χ0v) is 15.6. The summed E-state index contributed by atoms with van der Waals surface area (Å²) >= 11 is 11.7. The summed E-state index contributed by atoms with van der Waals surface area (Å²) in [4.78, 5) is 11.9. The molecule has 2 rings (SSSR count). The molecule has 0 heterocycles. The Balaban J connectivity index is 2.06. The van der Waals surface area contributed by atoms with Crippen molar-refractivity contribution in [3.63, 3.8) is 0 Å². The molecule has 1 amide bonds. The molecule has 0 spiro atoms. The van der Waals surface area contributed by atoms with Crippen molar-refractivity contribution >= 4 is 44.8 Å². The number of carbonyl (C=O) groups is 1. The van der Waals surface area contributed by atoms with Crippen molar-refractivity contribution in [3.05, 3.63) is 52.5 Å². The van der Waals surface area contributed by atoms with Crippen LogP contribution < -0.4 is 14.8 Å². The maximum Gasteiger partial charge on any atom is 0.242 e. The summed E-state index contributed by atoms with van der Waals surface area (Å²) in [5.74, 6) is -0.0482. The van der Waals surface area contributed by atoms with Crippen molar-refractivity contribution in [2.24, 2.45) is 0 Å². The summed E-state index contributed by atoms with van der Waals surface area (Å²) in [7, 11) is -3.98. The summed E-state index contributed by atoms with van der Waals surface area (Å²) in [6.07, 6.45) is 0. The molecule has 0 saturated carbocycles. The molecule has 134 valence electrons. The van der Waals surface area contributed by atoms with Crippen molar-refractivity contribution in [1.82, 2.24) is 4.72 Å². The molecule has 2 N–H and O–H groups in total. The first kappa shape index (κ1) is 19.5. The number of nitrogens with one attached hydrogen (secondary N) is 2. The van der Waals surface area contributed by atoms with E-state index in [0.717, 1.165) is 0 Å². The van der Waals surface area contributed by atoms with E-state index in [4.69, 9.17) is 27.9 Å². The van der Waals surface area contributed by atoms with Gasteiger partial charge in [0.2, 0.25) is 15.9 Å². The van der Waals surface area contributed by atoms with Crippen LogP contribution in [0.4, 0.5) is 5.69 Å². The fourth-order valence-corrected chi connectivity index (χ4v) is 3.71. The second-order valence-corrected chi connectivity index (χ2v) is 7.46. The molecule has 0 atom stereocenters. The minimum absolute atomic E-state index is 0.0130. The molecule has 6 nitrogen and oxygen atoms in total. The molecule has 0 aromatic heterocycles. The Morgan fingerprint density at radius 3 is 2.60 bits per heavy atom. The molecular formula is C16H16Cl2N2O4S. The number of sulfonamides is 1. The summed E-state index contributed by atoms with van der Waals surface area (Å²) in [5, 5.41) is 2.83. The van der Waals surface area contributed by atoms with Crippen molar-refractivity contribution in [2.75, 3.05) is 18.5 Å². The minimum atomic E-state index is -3.98. The van der Waals surface area contributed by atoms with Gasteiger partial charge in [-0.2, -0.15) is 0 Å². The first-order valence-corrected chi connectivity index (χ1v) is 9.54. The Morgan fingerprint density at radius 2 is 1.88 bits per heavy atom. The number of hydrogen-bond donors (Lipinski definition) is 2. The lowest BCUT2D eigenvalue weighted by Crippen LogP contribution is -2.33. The highest BCUT2D eigenvalue weighted by Gasteiger charge is 2.19. The molecule has 0 saturated heterocycles. The largest absolute Gasteiger partial charge is 0.492 e. The predicted molar refractivity (Wildman–Crippen MR) is 97.9 cm³/mol. The highest BCUT2D eigenvalue weighted by molar-refractivity contribution is 7.89. The Hall–Kier alpha value is -1.80. The van der Waals surface area contributed by atoms with Gasteiger partial charge in [-0.15, -0.1) is 0 Å². The van der Waals surface area contributed by atoms with Gasteiger partial charge in [-0.3, -0.25) is 4.79 Å². The number of carbonyl (C=O) groups excluding carboxylic acids is 1. The van der Waals surface area contributed by atoms with Crippen LogP contribution in [0.1, 0.15) is 6.92 Å². The van der Waals surface area contributed by atoms with E-state index >= 15 is 0 Å². The van der Waals surface area contributed by atoms with Crippen molar-refractivity contribution in [1.29, 1.82) is 0 Å². The molecule has 0 radical (unpaired) electrons. The molecule has 2 aromatic carbocycles. The lowest BCUT2D eigenvalue weighted by atomic mass is 10.3. The van der Waals surface area contributed by atoms with Gasteiger partial charge in [-0.1, -0.05) is 35.3 Å². The first-order valence-electron chi connectivity index (χ1n) is 7.30. The number of anilines is 1. The maximum atomic E-state index is 12.3. The molecule has 2 aromatic rings. The average molecular weight is 403 g/mol. The Bertz CT molecular complexity index is 872. The number of hydrogen-bond acceptors (Lipinski definition) is 4. The Morgan fingerprint density at radius 1 is 1.16 bits per heavy atom. The monoisotopic (exact) mass is 402 g/mol. The first-order chi connectivity index (χ1) is 11.8. The number of para-hydroxylation sites is 2. The van der Waals surface area contributed by atoms with Gasteiger partial charge in [0.05, 0.1) is 23.9 Å². The normalized spacial score (nSPS) is 11.2. The molecule has 9 heteroatoms. The van der Waals surface area contributed by atoms with Crippen LogP contribution >= 0.6 is 23.2 Å². The van der Waals surface area contributed by atoms with E-state index in [0.29, 0.717) is 18.0 Å². The van der Waals surface area contributed by atoms with Crippen LogP contribution in [-0.4, -0.2) is 27.5 Å². The second kappa shape index (κ2) is 8.53. The van der Waals surface area contributed by atoms with E-state index in [1.807, 2.05) is 6.92 Å². The number of amides is 1. The van der Waals surface area contributed by atoms with Crippen LogP contribution in [0.2, 0.25) is 10.0 Å². The fourth-order valence-electron chi connectivity index (χ4n) is 1.97. The third-order valence-electron chi connectivity index (χ3n) is 3.07.